The summed E-state index contributed by atoms with van der Waals surface area (Å²) in [5, 5.41) is 3.20. The Morgan fingerprint density at radius 3 is 2.31 bits per heavy atom. The normalized spacial score (nSPS) is 16.2. The molecule has 80 valence electrons. The average molecular weight is 188 g/mol. The molecule has 0 saturated carbocycles. The molecule has 13 heavy (non-hydrogen) atoms. The first kappa shape index (κ1) is 12.9. The number of methoxy groups -OCH3 is 1. The van der Waals surface area contributed by atoms with Gasteiger partial charge in [0, 0.05) is 25.7 Å². The van der Waals surface area contributed by atoms with E-state index in [9.17, 15) is 0 Å². The summed E-state index contributed by atoms with van der Waals surface area (Å²) in [4.78, 5) is 2.44. The summed E-state index contributed by atoms with van der Waals surface area (Å²) < 4.78 is 5.15. The minimum Gasteiger partial charge on any atom is -0.383 e. The monoisotopic (exact) mass is 188 g/mol. The van der Waals surface area contributed by atoms with Gasteiger partial charge in [-0.25, -0.2) is 0 Å². The van der Waals surface area contributed by atoms with Gasteiger partial charge in [-0.3, -0.25) is 4.90 Å². The van der Waals surface area contributed by atoms with Gasteiger partial charge in [0.2, 0.25) is 0 Å². The first-order valence-electron chi connectivity index (χ1n) is 5.06. The lowest BCUT2D eigenvalue weighted by Crippen LogP contribution is -2.46. The van der Waals surface area contributed by atoms with Gasteiger partial charge < -0.3 is 10.1 Å². The van der Waals surface area contributed by atoms with Crippen LogP contribution in [0, 0.1) is 0 Å². The molecule has 0 aliphatic carbocycles. The van der Waals surface area contributed by atoms with E-state index in [1.54, 1.807) is 7.11 Å². The number of hydrogen-bond donors (Lipinski definition) is 1. The van der Waals surface area contributed by atoms with Gasteiger partial charge in [-0.1, -0.05) is 6.92 Å². The molecule has 0 aromatic carbocycles. The van der Waals surface area contributed by atoms with E-state index in [2.05, 4.69) is 31.0 Å². The van der Waals surface area contributed by atoms with E-state index in [1.807, 2.05) is 7.05 Å². The van der Waals surface area contributed by atoms with Crippen molar-refractivity contribution in [3.8, 4) is 0 Å². The van der Waals surface area contributed by atoms with E-state index in [4.69, 9.17) is 4.74 Å². The van der Waals surface area contributed by atoms with Gasteiger partial charge in [0.25, 0.3) is 0 Å². The van der Waals surface area contributed by atoms with Crippen LogP contribution in [0.1, 0.15) is 20.8 Å². The smallest absolute Gasteiger partial charge is 0.0615 e. The lowest BCUT2D eigenvalue weighted by molar-refractivity contribution is 0.0787. The van der Waals surface area contributed by atoms with Crippen LogP contribution in [0.5, 0.6) is 0 Å². The Labute approximate surface area is 82.4 Å². The molecule has 2 atom stereocenters. The number of rotatable bonds is 7. The number of likely N-dealkylation sites (N-methyl/N-ethyl adjacent to an activating group) is 2. The maximum atomic E-state index is 5.15. The van der Waals surface area contributed by atoms with Crippen molar-refractivity contribution in [2.75, 3.05) is 33.9 Å². The molecule has 0 aromatic rings. The van der Waals surface area contributed by atoms with Crippen LogP contribution in [-0.4, -0.2) is 50.8 Å². The third kappa shape index (κ3) is 4.60. The second-order valence-electron chi connectivity index (χ2n) is 3.54. The predicted octanol–water partition coefficient (Wildman–Crippen LogP) is 0.951. The molecule has 3 heteroatoms. The van der Waals surface area contributed by atoms with Crippen molar-refractivity contribution in [2.45, 2.75) is 32.9 Å². The van der Waals surface area contributed by atoms with Gasteiger partial charge in [-0.2, -0.15) is 0 Å². The second-order valence-corrected chi connectivity index (χ2v) is 3.54. The quantitative estimate of drug-likeness (QED) is 0.644. The summed E-state index contributed by atoms with van der Waals surface area (Å²) >= 11 is 0. The molecule has 0 amide bonds. The van der Waals surface area contributed by atoms with Crippen molar-refractivity contribution >= 4 is 0 Å². The average Bonchev–Trinajstić information content (AvgIpc) is 2.06. The highest BCUT2D eigenvalue weighted by atomic mass is 16.5. The van der Waals surface area contributed by atoms with Crippen molar-refractivity contribution < 1.29 is 4.74 Å². The van der Waals surface area contributed by atoms with Crippen LogP contribution in [-0.2, 0) is 4.74 Å². The van der Waals surface area contributed by atoms with Crippen LogP contribution in [0.15, 0.2) is 0 Å². The summed E-state index contributed by atoms with van der Waals surface area (Å²) in [6.45, 7) is 9.56. The lowest BCUT2D eigenvalue weighted by atomic mass is 10.2. The van der Waals surface area contributed by atoms with Crippen molar-refractivity contribution in [3.05, 3.63) is 0 Å². The van der Waals surface area contributed by atoms with Gasteiger partial charge in [-0.15, -0.1) is 0 Å². The van der Waals surface area contributed by atoms with Crippen LogP contribution >= 0.6 is 0 Å². The summed E-state index contributed by atoms with van der Waals surface area (Å²) in [7, 11) is 3.75. The topological polar surface area (TPSA) is 24.5 Å². The first-order valence-corrected chi connectivity index (χ1v) is 5.06. The van der Waals surface area contributed by atoms with E-state index in [1.165, 1.54) is 0 Å². The van der Waals surface area contributed by atoms with Crippen LogP contribution < -0.4 is 5.32 Å². The van der Waals surface area contributed by atoms with E-state index in [-0.39, 0.29) is 0 Å². The molecule has 0 aromatic heterocycles. The zero-order valence-corrected chi connectivity index (χ0v) is 9.63. The summed E-state index contributed by atoms with van der Waals surface area (Å²) in [5.74, 6) is 0. The molecule has 1 N–H and O–H groups in total. The van der Waals surface area contributed by atoms with Gasteiger partial charge in [0.15, 0.2) is 0 Å². The van der Waals surface area contributed by atoms with E-state index in [0.29, 0.717) is 12.1 Å². The van der Waals surface area contributed by atoms with Gasteiger partial charge in [0.1, 0.15) is 0 Å². The highest BCUT2D eigenvalue weighted by Gasteiger charge is 2.17. The Balaban J connectivity index is 3.98. The number of ether oxygens (including phenoxy) is 1. The number of nitrogens with one attached hydrogen (secondary N) is 1. The fraction of sp³-hybridized carbons (Fsp3) is 1.00. The SMILES string of the molecule is CCN(C(C)CNC)C(C)COC. The predicted molar refractivity (Wildman–Crippen MR) is 57.1 cm³/mol. The molecule has 0 rings (SSSR count). The van der Waals surface area contributed by atoms with Crippen LogP contribution in [0.25, 0.3) is 0 Å². The molecule has 0 radical (unpaired) electrons. The summed E-state index contributed by atoms with van der Waals surface area (Å²) in [6, 6.07) is 1.07. The molecule has 0 aliphatic rings. The molecule has 0 aliphatic heterocycles. The van der Waals surface area contributed by atoms with Crippen LogP contribution in [0.3, 0.4) is 0 Å². The minimum atomic E-state index is 0.498. The molecular formula is C10H24N2O. The van der Waals surface area contributed by atoms with Crippen molar-refractivity contribution in [1.29, 1.82) is 0 Å². The second kappa shape index (κ2) is 7.30. The van der Waals surface area contributed by atoms with E-state index < -0.39 is 0 Å². The molecule has 0 spiro atoms. The molecule has 2 unspecified atom stereocenters. The largest absolute Gasteiger partial charge is 0.383 e. The Morgan fingerprint density at radius 1 is 1.31 bits per heavy atom. The molecule has 0 saturated heterocycles. The molecule has 0 heterocycles. The molecule has 0 bridgehead atoms. The highest BCUT2D eigenvalue weighted by molar-refractivity contribution is 4.73. The van der Waals surface area contributed by atoms with Crippen molar-refractivity contribution in [1.82, 2.24) is 10.2 Å². The van der Waals surface area contributed by atoms with Crippen molar-refractivity contribution in [2.24, 2.45) is 0 Å². The summed E-state index contributed by atoms with van der Waals surface area (Å²) in [6.07, 6.45) is 0. The third-order valence-electron chi connectivity index (χ3n) is 2.40. The number of hydrogen-bond acceptors (Lipinski definition) is 3. The van der Waals surface area contributed by atoms with E-state index in [0.717, 1.165) is 19.7 Å². The number of nitrogens with zero attached hydrogens (tertiary/aromatic N) is 1. The maximum Gasteiger partial charge on any atom is 0.0615 e. The van der Waals surface area contributed by atoms with Gasteiger partial charge in [0.05, 0.1) is 6.61 Å². The third-order valence-corrected chi connectivity index (χ3v) is 2.40. The summed E-state index contributed by atoms with van der Waals surface area (Å²) in [5.41, 5.74) is 0. The maximum absolute atomic E-state index is 5.15. The minimum absolute atomic E-state index is 0.498. The fourth-order valence-electron chi connectivity index (χ4n) is 1.81. The highest BCUT2D eigenvalue weighted by Crippen LogP contribution is 2.04. The van der Waals surface area contributed by atoms with Crippen molar-refractivity contribution in [3.63, 3.8) is 0 Å². The Morgan fingerprint density at radius 2 is 1.92 bits per heavy atom. The first-order chi connectivity index (χ1) is 6.17. The fourth-order valence-corrected chi connectivity index (χ4v) is 1.81. The zero-order valence-electron chi connectivity index (χ0n) is 9.63. The molecule has 3 nitrogen and oxygen atoms in total. The zero-order chi connectivity index (χ0) is 10.3. The molecule has 0 fully saturated rings. The van der Waals surface area contributed by atoms with E-state index >= 15 is 0 Å². The van der Waals surface area contributed by atoms with Crippen LogP contribution in [0.4, 0.5) is 0 Å². The van der Waals surface area contributed by atoms with Crippen LogP contribution in [0.2, 0.25) is 0 Å². The Hall–Kier alpha value is -0.120. The molecular weight excluding hydrogens is 164 g/mol. The standard InChI is InChI=1S/C10H24N2O/c1-6-12(9(2)7-11-4)10(3)8-13-5/h9-11H,6-8H2,1-5H3. The van der Waals surface area contributed by atoms with Gasteiger partial charge in [-0.05, 0) is 27.4 Å². The Kier molecular flexibility index (Phi) is 7.23. The lowest BCUT2D eigenvalue weighted by Gasteiger charge is -2.33. The van der Waals surface area contributed by atoms with Gasteiger partial charge >= 0.3 is 0 Å². The Bertz CT molecular complexity index is 107.